The van der Waals surface area contributed by atoms with Gasteiger partial charge in [0, 0.05) is 5.88 Å². The van der Waals surface area contributed by atoms with E-state index < -0.39 is 0 Å². The number of nitrogens with zero attached hydrogens (tertiary/aromatic N) is 1. The Morgan fingerprint density at radius 2 is 1.70 bits per heavy atom. The van der Waals surface area contributed by atoms with Crippen molar-refractivity contribution in [2.24, 2.45) is 0 Å². The summed E-state index contributed by atoms with van der Waals surface area (Å²) in [5.41, 5.74) is 2.40. The van der Waals surface area contributed by atoms with Crippen LogP contribution in [0.25, 0.3) is 5.32 Å². The van der Waals surface area contributed by atoms with Crippen LogP contribution in [0.5, 0.6) is 0 Å². The smallest absolute Gasteiger partial charge is 0.648 e. The maximum absolute atomic E-state index is 5.63. The van der Waals surface area contributed by atoms with E-state index in [2.05, 4.69) is 29.6 Å². The average Bonchev–Trinajstić information content (AvgIpc) is 3.32. The minimum Gasteiger partial charge on any atom is -0.648 e. The topological polar surface area (TPSA) is 23.3 Å². The molecule has 3 heteroatoms. The summed E-state index contributed by atoms with van der Waals surface area (Å²) in [6, 6.07) is 20.7. The molecule has 2 nitrogen and oxygen atoms in total. The molecule has 118 valence electrons. The fourth-order valence-electron chi connectivity index (χ4n) is 2.40. The Bertz CT molecular complexity index is 625. The van der Waals surface area contributed by atoms with Crippen molar-refractivity contribution >= 4 is 0 Å². The molecule has 0 radical (unpaired) electrons. The van der Waals surface area contributed by atoms with Crippen LogP contribution < -0.4 is 0 Å². The summed E-state index contributed by atoms with van der Waals surface area (Å²) in [5.74, 6) is 0.788. The summed E-state index contributed by atoms with van der Waals surface area (Å²) in [6.45, 7) is 0.690. The second-order valence-electron chi connectivity index (χ2n) is 5.22. The van der Waals surface area contributed by atoms with Crippen LogP contribution in [0.2, 0.25) is 0 Å². The van der Waals surface area contributed by atoms with Gasteiger partial charge in [-0.1, -0.05) is 60.7 Å². The van der Waals surface area contributed by atoms with Gasteiger partial charge >= 0.3 is 17.1 Å². The van der Waals surface area contributed by atoms with Crippen molar-refractivity contribution in [2.75, 3.05) is 6.61 Å². The summed E-state index contributed by atoms with van der Waals surface area (Å²) in [7, 11) is 0. The van der Waals surface area contributed by atoms with Crippen molar-refractivity contribution < 1.29 is 21.8 Å². The van der Waals surface area contributed by atoms with Crippen molar-refractivity contribution in [2.45, 2.75) is 12.5 Å². The van der Waals surface area contributed by atoms with Gasteiger partial charge in [0.05, 0.1) is 6.61 Å². The predicted molar refractivity (Wildman–Crippen MR) is 90.6 cm³/mol. The third kappa shape index (κ3) is 5.24. The summed E-state index contributed by atoms with van der Waals surface area (Å²) in [5, 5.41) is 4.62. The Labute approximate surface area is 148 Å². The molecule has 2 aliphatic rings. The molecule has 1 unspecified atom stereocenters. The predicted octanol–water partition coefficient (Wildman–Crippen LogP) is 4.74. The van der Waals surface area contributed by atoms with Gasteiger partial charge in [0.2, 0.25) is 0 Å². The summed E-state index contributed by atoms with van der Waals surface area (Å²) < 4.78 is 5.63. The molecule has 1 aliphatic carbocycles. The van der Waals surface area contributed by atoms with Crippen LogP contribution in [0.15, 0.2) is 96.4 Å². The van der Waals surface area contributed by atoms with Crippen molar-refractivity contribution in [3.63, 3.8) is 0 Å². The molecule has 4 rings (SSSR count). The maximum atomic E-state index is 5.63. The molecule has 1 saturated heterocycles. The number of rotatable bonds is 2. The van der Waals surface area contributed by atoms with Gasteiger partial charge in [0.1, 0.15) is 0 Å². The van der Waals surface area contributed by atoms with Crippen LogP contribution in [0.3, 0.4) is 0 Å². The molecule has 1 heterocycles. The fraction of sp³-hybridized carbons (Fsp3) is 0.150. The van der Waals surface area contributed by atoms with Crippen molar-refractivity contribution in [3.05, 3.63) is 107 Å². The Balaban J connectivity index is 0.000000276. The maximum Gasteiger partial charge on any atom is 2.00 e. The van der Waals surface area contributed by atoms with Crippen LogP contribution in [0, 0.1) is 0 Å². The summed E-state index contributed by atoms with van der Waals surface area (Å²) in [6.07, 6.45) is 9.02. The van der Waals surface area contributed by atoms with E-state index in [4.69, 9.17) is 4.74 Å². The zero-order valence-corrected chi connectivity index (χ0v) is 13.9. The van der Waals surface area contributed by atoms with Gasteiger partial charge in [0.25, 0.3) is 0 Å². The van der Waals surface area contributed by atoms with Gasteiger partial charge < -0.3 is 10.1 Å². The van der Waals surface area contributed by atoms with Crippen LogP contribution in [-0.4, -0.2) is 12.6 Å². The van der Waals surface area contributed by atoms with Crippen molar-refractivity contribution in [3.8, 4) is 0 Å². The zero-order chi connectivity index (χ0) is 15.0. The minimum absolute atomic E-state index is 0. The molecule has 2 aromatic rings. The Hall–Kier alpha value is -2.09. The molecule has 1 fully saturated rings. The molecule has 2 aromatic carbocycles. The number of benzene rings is 1. The molecule has 0 saturated carbocycles. The van der Waals surface area contributed by atoms with E-state index >= 15 is 0 Å². The molecule has 0 bridgehead atoms. The van der Waals surface area contributed by atoms with Gasteiger partial charge in [0.15, 0.2) is 0 Å². The summed E-state index contributed by atoms with van der Waals surface area (Å²) >= 11 is 0. The second kappa shape index (κ2) is 9.14. The molecule has 1 aliphatic heterocycles. The average molecular weight is 345 g/mol. The molecule has 1 atom stereocenters. The third-order valence-corrected chi connectivity index (χ3v) is 3.49. The molecule has 0 aromatic heterocycles. The largest absolute Gasteiger partial charge is 2.00 e. The van der Waals surface area contributed by atoms with Gasteiger partial charge in [-0.2, -0.15) is 18.2 Å². The van der Waals surface area contributed by atoms with Crippen LogP contribution in [0.4, 0.5) is 0 Å². The Morgan fingerprint density at radius 3 is 2.30 bits per heavy atom. The van der Waals surface area contributed by atoms with E-state index in [0.29, 0.717) is 6.61 Å². The SMILES string of the molecule is C1=CC(=C2[N-]C(Cc3ccccc3)CO2)C=C1.[Fe+2].c1cc[cH-]c1. The van der Waals surface area contributed by atoms with Crippen molar-refractivity contribution in [1.29, 1.82) is 0 Å². The molecule has 0 amide bonds. The first-order chi connectivity index (χ1) is 10.9. The van der Waals surface area contributed by atoms with Crippen LogP contribution >= 0.6 is 0 Å². The fourth-order valence-corrected chi connectivity index (χ4v) is 2.40. The van der Waals surface area contributed by atoms with E-state index in [1.54, 1.807) is 0 Å². The third-order valence-electron chi connectivity index (χ3n) is 3.49. The van der Waals surface area contributed by atoms with E-state index in [1.807, 2.05) is 60.7 Å². The molecule has 0 N–H and O–H groups in total. The summed E-state index contributed by atoms with van der Waals surface area (Å²) in [4.78, 5) is 0. The van der Waals surface area contributed by atoms with E-state index in [0.717, 1.165) is 17.9 Å². The van der Waals surface area contributed by atoms with Gasteiger partial charge in [-0.15, -0.1) is 0 Å². The van der Waals surface area contributed by atoms with E-state index in [1.165, 1.54) is 5.56 Å². The number of ether oxygens (including phenoxy) is 1. The Morgan fingerprint density at radius 1 is 1.00 bits per heavy atom. The standard InChI is InChI=1S/C15H14NO.C5H5.Fe/c1-2-6-12(7-3-1)10-14-11-17-15(16-14)13-8-4-5-9-13;1-2-4-5-3-1;/h1-9,14H,10-11H2;1-5H;/q2*-1;+2. The second-order valence-corrected chi connectivity index (χ2v) is 5.22. The number of hydrogen-bond donors (Lipinski definition) is 0. The molecular formula is C20H19FeNO. The molecule has 23 heavy (non-hydrogen) atoms. The van der Waals surface area contributed by atoms with Gasteiger partial charge in [-0.05, 0) is 17.6 Å². The van der Waals surface area contributed by atoms with Crippen LogP contribution in [-0.2, 0) is 28.2 Å². The quantitative estimate of drug-likeness (QED) is 0.569. The first-order valence-electron chi connectivity index (χ1n) is 7.55. The Kier molecular flexibility index (Phi) is 6.86. The molecule has 0 spiro atoms. The minimum atomic E-state index is 0. The first kappa shape index (κ1) is 17.3. The van der Waals surface area contributed by atoms with E-state index in [-0.39, 0.29) is 23.1 Å². The van der Waals surface area contributed by atoms with Crippen molar-refractivity contribution in [1.82, 2.24) is 0 Å². The normalized spacial score (nSPS) is 17.8. The number of allylic oxidation sites excluding steroid dienone is 5. The van der Waals surface area contributed by atoms with E-state index in [9.17, 15) is 0 Å². The monoisotopic (exact) mass is 345 g/mol. The van der Waals surface area contributed by atoms with Gasteiger partial charge in [-0.25, -0.2) is 12.1 Å². The molecular weight excluding hydrogens is 326 g/mol. The van der Waals surface area contributed by atoms with Crippen LogP contribution in [0.1, 0.15) is 5.56 Å². The zero-order valence-electron chi connectivity index (χ0n) is 12.8. The van der Waals surface area contributed by atoms with Gasteiger partial charge in [-0.3, -0.25) is 0 Å². The first-order valence-corrected chi connectivity index (χ1v) is 7.55. The number of hydrogen-bond acceptors (Lipinski definition) is 1.